The largest absolute Gasteiger partial charge is 0.491 e. The van der Waals surface area contributed by atoms with Crippen LogP contribution in [0.2, 0.25) is 0 Å². The number of nitrogens with zero attached hydrogens (tertiary/aromatic N) is 3. The predicted octanol–water partition coefficient (Wildman–Crippen LogP) is 3.22. The van der Waals surface area contributed by atoms with Gasteiger partial charge in [-0.25, -0.2) is 0 Å². The molecular formula is C23H33IN4O2. The Morgan fingerprint density at radius 2 is 1.70 bits per heavy atom. The molecule has 1 fully saturated rings. The van der Waals surface area contributed by atoms with Crippen LogP contribution in [0.5, 0.6) is 5.75 Å². The van der Waals surface area contributed by atoms with Crippen molar-refractivity contribution in [3.63, 3.8) is 0 Å². The molecule has 1 N–H and O–H groups in total. The van der Waals surface area contributed by atoms with E-state index in [4.69, 9.17) is 9.47 Å². The van der Waals surface area contributed by atoms with Crippen LogP contribution < -0.4 is 10.1 Å². The summed E-state index contributed by atoms with van der Waals surface area (Å²) in [5.41, 5.74) is 2.54. The molecule has 0 aromatic heterocycles. The van der Waals surface area contributed by atoms with E-state index in [1.807, 2.05) is 19.2 Å². The van der Waals surface area contributed by atoms with Crippen molar-refractivity contribution in [1.82, 2.24) is 15.1 Å². The van der Waals surface area contributed by atoms with Crippen LogP contribution in [-0.4, -0.2) is 69.3 Å². The molecule has 0 saturated carbocycles. The summed E-state index contributed by atoms with van der Waals surface area (Å²) < 4.78 is 10.7. The van der Waals surface area contributed by atoms with Gasteiger partial charge in [-0.15, -0.1) is 24.0 Å². The average molecular weight is 524 g/mol. The number of piperazine rings is 1. The molecule has 0 spiro atoms. The minimum absolute atomic E-state index is 0. The van der Waals surface area contributed by atoms with Crippen LogP contribution >= 0.6 is 24.0 Å². The number of ether oxygens (including phenoxy) is 2. The van der Waals surface area contributed by atoms with Gasteiger partial charge in [0.1, 0.15) is 12.4 Å². The summed E-state index contributed by atoms with van der Waals surface area (Å²) in [5, 5.41) is 3.49. The second-order valence-corrected chi connectivity index (χ2v) is 7.14. The second-order valence-electron chi connectivity index (χ2n) is 7.14. The van der Waals surface area contributed by atoms with Crippen LogP contribution in [-0.2, 0) is 17.8 Å². The zero-order valence-corrected chi connectivity index (χ0v) is 20.2. The first-order valence-electron chi connectivity index (χ1n) is 10.2. The Balaban J connectivity index is 0.00000320. The molecule has 6 nitrogen and oxygen atoms in total. The highest BCUT2D eigenvalue weighted by molar-refractivity contribution is 14.0. The Morgan fingerprint density at radius 1 is 0.967 bits per heavy atom. The number of guanidine groups is 1. The fraction of sp³-hybridized carbons (Fsp3) is 0.435. The standard InChI is InChI=1S/C23H32N4O2.HI/c1-24-23(25-18-21-9-6-10-22(17-21)29-16-15-28-2)27-13-11-26(12-14-27)19-20-7-4-3-5-8-20;/h3-10,17H,11-16,18-19H2,1-2H3,(H,24,25);1H. The summed E-state index contributed by atoms with van der Waals surface area (Å²) in [6.07, 6.45) is 0. The fourth-order valence-electron chi connectivity index (χ4n) is 3.46. The van der Waals surface area contributed by atoms with Crippen LogP contribution in [0.25, 0.3) is 0 Å². The molecule has 164 valence electrons. The van der Waals surface area contributed by atoms with Crippen molar-refractivity contribution in [3.05, 3.63) is 65.7 Å². The lowest BCUT2D eigenvalue weighted by Crippen LogP contribution is -2.52. The summed E-state index contributed by atoms with van der Waals surface area (Å²) in [4.78, 5) is 9.32. The molecule has 30 heavy (non-hydrogen) atoms. The van der Waals surface area contributed by atoms with E-state index in [0.29, 0.717) is 13.2 Å². The maximum absolute atomic E-state index is 5.70. The van der Waals surface area contributed by atoms with E-state index in [0.717, 1.165) is 51.0 Å². The number of hydrogen-bond acceptors (Lipinski definition) is 4. The highest BCUT2D eigenvalue weighted by Crippen LogP contribution is 2.14. The number of benzene rings is 2. The highest BCUT2D eigenvalue weighted by atomic mass is 127. The maximum atomic E-state index is 5.70. The number of rotatable bonds is 8. The predicted molar refractivity (Wildman–Crippen MR) is 133 cm³/mol. The summed E-state index contributed by atoms with van der Waals surface area (Å²) in [5.74, 6) is 1.82. The maximum Gasteiger partial charge on any atom is 0.194 e. The first kappa shape index (κ1) is 24.4. The Morgan fingerprint density at radius 3 is 2.40 bits per heavy atom. The Kier molecular flexibility index (Phi) is 11.0. The van der Waals surface area contributed by atoms with Crippen molar-refractivity contribution in [2.75, 3.05) is 53.6 Å². The van der Waals surface area contributed by atoms with Crippen LogP contribution in [0.15, 0.2) is 59.6 Å². The topological polar surface area (TPSA) is 49.3 Å². The molecule has 2 aromatic rings. The van der Waals surface area contributed by atoms with Crippen molar-refractivity contribution in [2.45, 2.75) is 13.1 Å². The summed E-state index contributed by atoms with van der Waals surface area (Å²) in [6, 6.07) is 18.8. The third kappa shape index (κ3) is 7.77. The van der Waals surface area contributed by atoms with Gasteiger partial charge in [0.25, 0.3) is 0 Å². The lowest BCUT2D eigenvalue weighted by molar-refractivity contribution is 0.146. The SMILES string of the molecule is CN=C(NCc1cccc(OCCOC)c1)N1CCN(Cc2ccccc2)CC1.I. The minimum Gasteiger partial charge on any atom is -0.491 e. The van der Waals surface area contributed by atoms with Gasteiger partial charge >= 0.3 is 0 Å². The fourth-order valence-corrected chi connectivity index (χ4v) is 3.46. The average Bonchev–Trinajstić information content (AvgIpc) is 2.76. The first-order valence-corrected chi connectivity index (χ1v) is 10.2. The molecule has 0 unspecified atom stereocenters. The second kappa shape index (κ2) is 13.5. The smallest absolute Gasteiger partial charge is 0.194 e. The Labute approximate surface area is 197 Å². The summed E-state index contributed by atoms with van der Waals surface area (Å²) in [6.45, 7) is 6.92. The molecule has 0 radical (unpaired) electrons. The lowest BCUT2D eigenvalue weighted by Gasteiger charge is -2.36. The van der Waals surface area contributed by atoms with Crippen molar-refractivity contribution < 1.29 is 9.47 Å². The molecule has 3 rings (SSSR count). The third-order valence-corrected chi connectivity index (χ3v) is 5.04. The first-order chi connectivity index (χ1) is 14.3. The molecular weight excluding hydrogens is 491 g/mol. The van der Waals surface area contributed by atoms with Gasteiger partial charge in [-0.2, -0.15) is 0 Å². The Hall–Kier alpha value is -1.84. The van der Waals surface area contributed by atoms with Crippen molar-refractivity contribution in [3.8, 4) is 5.75 Å². The summed E-state index contributed by atoms with van der Waals surface area (Å²) in [7, 11) is 3.53. The van der Waals surface area contributed by atoms with Gasteiger partial charge in [-0.3, -0.25) is 9.89 Å². The molecule has 1 heterocycles. The van der Waals surface area contributed by atoms with Gasteiger partial charge in [-0.05, 0) is 23.3 Å². The molecule has 7 heteroatoms. The summed E-state index contributed by atoms with van der Waals surface area (Å²) >= 11 is 0. The molecule has 0 atom stereocenters. The number of methoxy groups -OCH3 is 1. The van der Waals surface area contributed by atoms with Crippen LogP contribution in [0.1, 0.15) is 11.1 Å². The zero-order valence-electron chi connectivity index (χ0n) is 17.9. The number of halogens is 1. The van der Waals surface area contributed by atoms with E-state index in [1.54, 1.807) is 7.11 Å². The van der Waals surface area contributed by atoms with E-state index in [1.165, 1.54) is 11.1 Å². The number of nitrogens with one attached hydrogen (secondary N) is 1. The monoisotopic (exact) mass is 524 g/mol. The molecule has 1 saturated heterocycles. The number of aliphatic imine (C=N–C) groups is 1. The zero-order chi connectivity index (χ0) is 20.3. The van der Waals surface area contributed by atoms with E-state index in [2.05, 4.69) is 62.6 Å². The van der Waals surface area contributed by atoms with Gasteiger partial charge < -0.3 is 19.7 Å². The van der Waals surface area contributed by atoms with Crippen molar-refractivity contribution in [2.24, 2.45) is 4.99 Å². The van der Waals surface area contributed by atoms with E-state index in [-0.39, 0.29) is 24.0 Å². The van der Waals surface area contributed by atoms with Gasteiger partial charge in [0.05, 0.1) is 6.61 Å². The molecule has 0 aliphatic carbocycles. The van der Waals surface area contributed by atoms with Crippen LogP contribution in [0, 0.1) is 0 Å². The van der Waals surface area contributed by atoms with Crippen LogP contribution in [0.3, 0.4) is 0 Å². The van der Waals surface area contributed by atoms with Crippen molar-refractivity contribution in [1.29, 1.82) is 0 Å². The van der Waals surface area contributed by atoms with Crippen molar-refractivity contribution >= 4 is 29.9 Å². The molecule has 2 aromatic carbocycles. The number of hydrogen-bond donors (Lipinski definition) is 1. The Bertz CT molecular complexity index is 765. The van der Waals surface area contributed by atoms with Gasteiger partial charge in [0.15, 0.2) is 5.96 Å². The molecule has 1 aliphatic heterocycles. The minimum atomic E-state index is 0. The van der Waals surface area contributed by atoms with E-state index >= 15 is 0 Å². The molecule has 1 aliphatic rings. The van der Waals surface area contributed by atoms with Gasteiger partial charge in [0.2, 0.25) is 0 Å². The van der Waals surface area contributed by atoms with E-state index in [9.17, 15) is 0 Å². The quantitative estimate of drug-likeness (QED) is 0.249. The molecule has 0 bridgehead atoms. The highest BCUT2D eigenvalue weighted by Gasteiger charge is 2.19. The normalized spacial score (nSPS) is 14.9. The van der Waals surface area contributed by atoms with Crippen LogP contribution in [0.4, 0.5) is 0 Å². The lowest BCUT2D eigenvalue weighted by atomic mass is 10.2. The van der Waals surface area contributed by atoms with E-state index < -0.39 is 0 Å². The van der Waals surface area contributed by atoms with Gasteiger partial charge in [-0.1, -0.05) is 42.5 Å². The van der Waals surface area contributed by atoms with Gasteiger partial charge in [0, 0.05) is 53.4 Å². The third-order valence-electron chi connectivity index (χ3n) is 5.04. The molecule has 0 amide bonds.